The smallest absolute Gasteiger partial charge is 0.303 e. The Balaban J connectivity index is 2.06. The van der Waals surface area contributed by atoms with Gasteiger partial charge in [-0.05, 0) is 12.8 Å². The van der Waals surface area contributed by atoms with Crippen LogP contribution in [0, 0.1) is 0 Å². The first-order chi connectivity index (χ1) is 6.49. The zero-order valence-electron chi connectivity index (χ0n) is 7.93. The van der Waals surface area contributed by atoms with Crippen LogP contribution in [0.25, 0.3) is 0 Å². The molecule has 0 bridgehead atoms. The molecule has 3 nitrogen and oxygen atoms in total. The van der Waals surface area contributed by atoms with Gasteiger partial charge in [-0.1, -0.05) is 6.42 Å². The van der Waals surface area contributed by atoms with Crippen molar-refractivity contribution in [1.29, 1.82) is 0 Å². The van der Waals surface area contributed by atoms with E-state index >= 15 is 0 Å². The van der Waals surface area contributed by atoms with Crippen molar-refractivity contribution in [3.63, 3.8) is 0 Å². The van der Waals surface area contributed by atoms with Crippen LogP contribution < -0.4 is 5.32 Å². The predicted molar refractivity (Wildman–Crippen MR) is 47.5 cm³/mol. The summed E-state index contributed by atoms with van der Waals surface area (Å²) in [6, 6.07) is -0.140. The maximum Gasteiger partial charge on any atom is 0.303 e. The summed E-state index contributed by atoms with van der Waals surface area (Å²) in [6.07, 6.45) is 1.92. The van der Waals surface area contributed by atoms with Crippen molar-refractivity contribution in [1.82, 2.24) is 5.32 Å². The van der Waals surface area contributed by atoms with Gasteiger partial charge < -0.3 is 10.4 Å². The lowest BCUT2D eigenvalue weighted by atomic mass is 10.1. The van der Waals surface area contributed by atoms with E-state index in [2.05, 4.69) is 5.32 Å². The molecular formula is C9H15F2NO2. The Morgan fingerprint density at radius 1 is 1.50 bits per heavy atom. The van der Waals surface area contributed by atoms with Gasteiger partial charge in [0, 0.05) is 18.9 Å². The highest BCUT2D eigenvalue weighted by Gasteiger charge is 2.38. The summed E-state index contributed by atoms with van der Waals surface area (Å²) in [4.78, 5) is 10.2. The van der Waals surface area contributed by atoms with Gasteiger partial charge in [0.1, 0.15) is 0 Å². The van der Waals surface area contributed by atoms with Crippen molar-refractivity contribution in [3.05, 3.63) is 0 Å². The van der Waals surface area contributed by atoms with Crippen LogP contribution >= 0.6 is 0 Å². The Morgan fingerprint density at radius 2 is 2.21 bits per heavy atom. The standard InChI is InChI=1S/C9H15F2NO2/c10-9(11)5-7(12-6-9)3-1-2-4-8(13)14/h7,12H,1-6H2,(H,13,14)/t7-/m1/s1. The normalized spacial score (nSPS) is 25.1. The van der Waals surface area contributed by atoms with Crippen LogP contribution in [0.15, 0.2) is 0 Å². The maximum atomic E-state index is 12.7. The minimum Gasteiger partial charge on any atom is -0.481 e. The molecule has 1 aliphatic rings. The molecule has 0 unspecified atom stereocenters. The average molecular weight is 207 g/mol. The van der Waals surface area contributed by atoms with Gasteiger partial charge in [0.2, 0.25) is 0 Å². The number of hydrogen-bond donors (Lipinski definition) is 2. The summed E-state index contributed by atoms with van der Waals surface area (Å²) < 4.78 is 25.4. The number of nitrogens with one attached hydrogen (secondary N) is 1. The van der Waals surface area contributed by atoms with Crippen LogP contribution in [0.4, 0.5) is 8.78 Å². The molecule has 1 atom stereocenters. The largest absolute Gasteiger partial charge is 0.481 e. The van der Waals surface area contributed by atoms with E-state index in [1.807, 2.05) is 0 Å². The molecule has 2 N–H and O–H groups in total. The minimum absolute atomic E-state index is 0.111. The Morgan fingerprint density at radius 3 is 2.71 bits per heavy atom. The molecule has 1 aliphatic heterocycles. The third-order valence-corrected chi connectivity index (χ3v) is 2.39. The molecule has 1 rings (SSSR count). The summed E-state index contributed by atoms with van der Waals surface area (Å²) in [5.74, 6) is -3.40. The second-order valence-electron chi connectivity index (χ2n) is 3.78. The van der Waals surface area contributed by atoms with Crippen LogP contribution in [-0.4, -0.2) is 29.6 Å². The summed E-state index contributed by atoms with van der Waals surface area (Å²) in [6.45, 7) is -0.239. The van der Waals surface area contributed by atoms with Crippen LogP contribution in [0.5, 0.6) is 0 Å². The Bertz CT molecular complexity index is 209. The number of aliphatic carboxylic acids is 1. The van der Waals surface area contributed by atoms with Crippen LogP contribution in [0.3, 0.4) is 0 Å². The van der Waals surface area contributed by atoms with Crippen molar-refractivity contribution in [2.75, 3.05) is 6.54 Å². The monoisotopic (exact) mass is 207 g/mol. The Hall–Kier alpha value is -0.710. The molecule has 0 aromatic carbocycles. The quantitative estimate of drug-likeness (QED) is 0.673. The first-order valence-electron chi connectivity index (χ1n) is 4.83. The number of carboxylic acids is 1. The molecule has 0 radical (unpaired) electrons. The highest BCUT2D eigenvalue weighted by Crippen LogP contribution is 2.27. The highest BCUT2D eigenvalue weighted by atomic mass is 19.3. The van der Waals surface area contributed by atoms with Gasteiger partial charge in [0.25, 0.3) is 5.92 Å². The maximum absolute atomic E-state index is 12.7. The van der Waals surface area contributed by atoms with E-state index in [0.29, 0.717) is 19.3 Å². The van der Waals surface area contributed by atoms with Crippen molar-refractivity contribution in [2.24, 2.45) is 0 Å². The number of alkyl halides is 2. The number of rotatable bonds is 5. The predicted octanol–water partition coefficient (Wildman–Crippen LogP) is 1.63. The lowest BCUT2D eigenvalue weighted by Crippen LogP contribution is -2.22. The molecule has 0 saturated carbocycles. The van der Waals surface area contributed by atoms with Crippen LogP contribution in [0.1, 0.15) is 32.1 Å². The molecular weight excluding hydrogens is 192 g/mol. The van der Waals surface area contributed by atoms with Gasteiger partial charge in [-0.15, -0.1) is 0 Å². The van der Waals surface area contributed by atoms with Crippen molar-refractivity contribution < 1.29 is 18.7 Å². The summed E-state index contributed by atoms with van der Waals surface area (Å²) in [5.41, 5.74) is 0. The SMILES string of the molecule is O=C(O)CCCC[C@@H]1CC(F)(F)CN1. The van der Waals surface area contributed by atoms with E-state index in [0.717, 1.165) is 0 Å². The van der Waals surface area contributed by atoms with Crippen molar-refractivity contribution in [2.45, 2.75) is 44.1 Å². The molecule has 82 valence electrons. The van der Waals surface area contributed by atoms with Gasteiger partial charge >= 0.3 is 5.97 Å². The second-order valence-corrected chi connectivity index (χ2v) is 3.78. The second kappa shape index (κ2) is 4.68. The van der Waals surface area contributed by atoms with Gasteiger partial charge in [-0.2, -0.15) is 0 Å². The van der Waals surface area contributed by atoms with Gasteiger partial charge in [0.15, 0.2) is 0 Å². The third kappa shape index (κ3) is 4.00. The summed E-state index contributed by atoms with van der Waals surface area (Å²) in [5, 5.41) is 11.1. The fraction of sp³-hybridized carbons (Fsp3) is 0.889. The molecule has 5 heteroatoms. The third-order valence-electron chi connectivity index (χ3n) is 2.39. The fourth-order valence-electron chi connectivity index (χ4n) is 1.67. The number of carbonyl (C=O) groups is 1. The molecule has 1 heterocycles. The van der Waals surface area contributed by atoms with Crippen molar-refractivity contribution in [3.8, 4) is 0 Å². The number of unbranched alkanes of at least 4 members (excludes halogenated alkanes) is 1. The molecule has 0 aromatic rings. The number of carboxylic acid groups (broad SMARTS) is 1. The minimum atomic E-state index is -2.57. The van der Waals surface area contributed by atoms with Gasteiger partial charge in [0.05, 0.1) is 6.54 Å². The van der Waals surface area contributed by atoms with E-state index < -0.39 is 11.9 Å². The topological polar surface area (TPSA) is 49.3 Å². The first-order valence-corrected chi connectivity index (χ1v) is 4.83. The van der Waals surface area contributed by atoms with E-state index in [-0.39, 0.29) is 25.4 Å². The van der Waals surface area contributed by atoms with Gasteiger partial charge in [-0.3, -0.25) is 4.79 Å². The van der Waals surface area contributed by atoms with E-state index in [4.69, 9.17) is 5.11 Å². The molecule has 1 fully saturated rings. The molecule has 0 aromatic heterocycles. The fourth-order valence-corrected chi connectivity index (χ4v) is 1.67. The molecule has 0 spiro atoms. The number of halogens is 2. The average Bonchev–Trinajstić information content (AvgIpc) is 2.39. The van der Waals surface area contributed by atoms with E-state index in [9.17, 15) is 13.6 Å². The van der Waals surface area contributed by atoms with Crippen LogP contribution in [-0.2, 0) is 4.79 Å². The zero-order chi connectivity index (χ0) is 10.6. The molecule has 0 aliphatic carbocycles. The number of hydrogen-bond acceptors (Lipinski definition) is 2. The first kappa shape index (κ1) is 11.4. The molecule has 1 saturated heterocycles. The lowest BCUT2D eigenvalue weighted by molar-refractivity contribution is -0.137. The lowest BCUT2D eigenvalue weighted by Gasteiger charge is -2.08. The van der Waals surface area contributed by atoms with E-state index in [1.165, 1.54) is 0 Å². The Labute approximate surface area is 81.5 Å². The van der Waals surface area contributed by atoms with Gasteiger partial charge in [-0.25, -0.2) is 8.78 Å². The van der Waals surface area contributed by atoms with E-state index in [1.54, 1.807) is 0 Å². The summed E-state index contributed by atoms with van der Waals surface area (Å²) >= 11 is 0. The summed E-state index contributed by atoms with van der Waals surface area (Å²) in [7, 11) is 0. The van der Waals surface area contributed by atoms with Crippen LogP contribution in [0.2, 0.25) is 0 Å². The highest BCUT2D eigenvalue weighted by molar-refractivity contribution is 5.66. The van der Waals surface area contributed by atoms with Crippen molar-refractivity contribution >= 4 is 5.97 Å². The Kier molecular flexibility index (Phi) is 3.80. The molecule has 14 heavy (non-hydrogen) atoms. The zero-order valence-corrected chi connectivity index (χ0v) is 7.93. The molecule has 0 amide bonds.